The minimum absolute atomic E-state index is 0.0449. The number of ether oxygens (including phenoxy) is 1. The molecule has 1 atom stereocenters. The predicted molar refractivity (Wildman–Crippen MR) is 135 cm³/mol. The van der Waals surface area contributed by atoms with E-state index in [0.29, 0.717) is 17.9 Å². The van der Waals surface area contributed by atoms with E-state index in [9.17, 15) is 21.6 Å². The van der Waals surface area contributed by atoms with Gasteiger partial charge < -0.3 is 10.1 Å². The lowest BCUT2D eigenvalue weighted by molar-refractivity contribution is -0.120. The number of rotatable bonds is 10. The minimum Gasteiger partial charge on any atom is -0.492 e. The number of sulfone groups is 1. The van der Waals surface area contributed by atoms with Crippen molar-refractivity contribution >= 4 is 31.5 Å². The minimum atomic E-state index is -4.09. The molecule has 0 saturated heterocycles. The lowest BCUT2D eigenvalue weighted by Crippen LogP contribution is -2.41. The molecule has 35 heavy (non-hydrogen) atoms. The molecule has 8 nitrogen and oxygen atoms in total. The van der Waals surface area contributed by atoms with Gasteiger partial charge >= 0.3 is 0 Å². The smallest absolute Gasteiger partial charge is 0.264 e. The number of benzene rings is 3. The zero-order valence-electron chi connectivity index (χ0n) is 19.7. The number of anilines is 1. The zero-order valence-corrected chi connectivity index (χ0v) is 21.3. The lowest BCUT2D eigenvalue weighted by atomic mass is 10.1. The highest BCUT2D eigenvalue weighted by Crippen LogP contribution is 2.32. The van der Waals surface area contributed by atoms with Crippen molar-refractivity contribution in [3.63, 3.8) is 0 Å². The van der Waals surface area contributed by atoms with Crippen molar-refractivity contribution < 1.29 is 26.4 Å². The van der Waals surface area contributed by atoms with Gasteiger partial charge in [-0.3, -0.25) is 9.10 Å². The second kappa shape index (κ2) is 10.9. The Hall–Kier alpha value is -3.37. The summed E-state index contributed by atoms with van der Waals surface area (Å²) in [5.74, 6) is -0.192. The van der Waals surface area contributed by atoms with Crippen LogP contribution in [-0.2, 0) is 24.7 Å². The summed E-state index contributed by atoms with van der Waals surface area (Å²) in [4.78, 5) is 13.2. The first kappa shape index (κ1) is 26.2. The molecule has 0 aliphatic heterocycles. The molecule has 0 fully saturated rings. The summed E-state index contributed by atoms with van der Waals surface area (Å²) in [5.41, 5.74) is 0.927. The molecule has 3 aromatic carbocycles. The molecule has 3 rings (SSSR count). The van der Waals surface area contributed by atoms with Gasteiger partial charge in [-0.2, -0.15) is 0 Å². The number of sulfonamides is 1. The van der Waals surface area contributed by atoms with E-state index in [1.54, 1.807) is 68.4 Å². The van der Waals surface area contributed by atoms with Gasteiger partial charge in [-0.15, -0.1) is 0 Å². The summed E-state index contributed by atoms with van der Waals surface area (Å²) in [5, 5.41) is 2.79. The van der Waals surface area contributed by atoms with Gasteiger partial charge in [0.2, 0.25) is 5.91 Å². The molecule has 0 radical (unpaired) electrons. The van der Waals surface area contributed by atoms with Crippen molar-refractivity contribution in [1.82, 2.24) is 5.32 Å². The van der Waals surface area contributed by atoms with Gasteiger partial charge in [0.25, 0.3) is 10.0 Å². The van der Waals surface area contributed by atoms with Gasteiger partial charge in [0.1, 0.15) is 12.3 Å². The fourth-order valence-corrected chi connectivity index (χ4v) is 5.55. The van der Waals surface area contributed by atoms with Gasteiger partial charge in [0.15, 0.2) is 9.84 Å². The second-order valence-corrected chi connectivity index (χ2v) is 11.7. The molecule has 0 heterocycles. The van der Waals surface area contributed by atoms with Crippen molar-refractivity contribution in [2.75, 3.05) is 23.7 Å². The number of para-hydroxylation sites is 2. The molecule has 1 amide bonds. The van der Waals surface area contributed by atoms with Crippen LogP contribution in [0.5, 0.6) is 5.75 Å². The third kappa shape index (κ3) is 6.40. The van der Waals surface area contributed by atoms with Crippen LogP contribution in [0, 0.1) is 0 Å². The van der Waals surface area contributed by atoms with Crippen LogP contribution < -0.4 is 14.4 Å². The summed E-state index contributed by atoms with van der Waals surface area (Å²) in [6.45, 7) is 3.36. The van der Waals surface area contributed by atoms with E-state index in [1.165, 1.54) is 24.3 Å². The average molecular weight is 517 g/mol. The van der Waals surface area contributed by atoms with Crippen LogP contribution in [0.25, 0.3) is 0 Å². The Labute approximate surface area is 206 Å². The number of hydrogen-bond donors (Lipinski definition) is 1. The first-order valence-corrected chi connectivity index (χ1v) is 14.3. The Bertz CT molecular complexity index is 1370. The Balaban J connectivity index is 1.90. The molecule has 0 aromatic heterocycles. The normalized spacial score (nSPS) is 12.5. The first-order chi connectivity index (χ1) is 16.5. The van der Waals surface area contributed by atoms with E-state index >= 15 is 0 Å². The Kier molecular flexibility index (Phi) is 8.18. The average Bonchev–Trinajstić information content (AvgIpc) is 2.83. The maximum absolute atomic E-state index is 13.5. The van der Waals surface area contributed by atoms with Crippen molar-refractivity contribution in [1.29, 1.82) is 0 Å². The van der Waals surface area contributed by atoms with E-state index in [2.05, 4.69) is 5.32 Å². The van der Waals surface area contributed by atoms with Gasteiger partial charge in [-0.05, 0) is 55.8 Å². The summed E-state index contributed by atoms with van der Waals surface area (Å²) in [6, 6.07) is 20.2. The summed E-state index contributed by atoms with van der Waals surface area (Å²) >= 11 is 0. The predicted octanol–water partition coefficient (Wildman–Crippen LogP) is 3.56. The third-order valence-electron chi connectivity index (χ3n) is 5.24. The van der Waals surface area contributed by atoms with Gasteiger partial charge in [-0.1, -0.05) is 42.5 Å². The largest absolute Gasteiger partial charge is 0.492 e. The maximum atomic E-state index is 13.5. The van der Waals surface area contributed by atoms with E-state index in [1.807, 2.05) is 0 Å². The number of nitrogens with zero attached hydrogens (tertiary/aromatic N) is 1. The van der Waals surface area contributed by atoms with Crippen LogP contribution in [0.2, 0.25) is 0 Å². The van der Waals surface area contributed by atoms with Crippen LogP contribution in [0.4, 0.5) is 5.69 Å². The number of hydrogen-bond acceptors (Lipinski definition) is 6. The molecule has 186 valence electrons. The highest BCUT2D eigenvalue weighted by Gasteiger charge is 2.29. The molecule has 0 spiro atoms. The van der Waals surface area contributed by atoms with E-state index in [4.69, 9.17) is 4.74 Å². The van der Waals surface area contributed by atoms with Gasteiger partial charge in [0.05, 0.1) is 28.1 Å². The molecule has 0 bridgehead atoms. The van der Waals surface area contributed by atoms with Crippen molar-refractivity contribution in [3.8, 4) is 5.75 Å². The summed E-state index contributed by atoms with van der Waals surface area (Å²) in [7, 11) is -7.43. The molecular weight excluding hydrogens is 488 g/mol. The topological polar surface area (TPSA) is 110 Å². The van der Waals surface area contributed by atoms with Crippen LogP contribution >= 0.6 is 0 Å². The number of nitrogens with one attached hydrogen (secondary N) is 1. The SMILES string of the molecule is CCOc1ccccc1N(CC(=O)NC(C)c1ccc(S(C)(=O)=O)cc1)S(=O)(=O)c1ccccc1. The fourth-order valence-electron chi connectivity index (χ4n) is 3.46. The van der Waals surface area contributed by atoms with Gasteiger partial charge in [-0.25, -0.2) is 16.8 Å². The maximum Gasteiger partial charge on any atom is 0.264 e. The van der Waals surface area contributed by atoms with Crippen LogP contribution in [0.1, 0.15) is 25.5 Å². The summed E-state index contributed by atoms with van der Waals surface area (Å²) in [6.07, 6.45) is 1.12. The van der Waals surface area contributed by atoms with E-state index in [-0.39, 0.29) is 15.5 Å². The van der Waals surface area contributed by atoms with Crippen molar-refractivity contribution in [2.24, 2.45) is 0 Å². The third-order valence-corrected chi connectivity index (χ3v) is 8.14. The van der Waals surface area contributed by atoms with E-state index < -0.39 is 38.4 Å². The Morgan fingerprint density at radius 2 is 1.49 bits per heavy atom. The second-order valence-electron chi connectivity index (χ2n) is 7.86. The monoisotopic (exact) mass is 516 g/mol. The molecule has 0 saturated carbocycles. The Morgan fingerprint density at radius 1 is 0.886 bits per heavy atom. The zero-order chi connectivity index (χ0) is 25.6. The van der Waals surface area contributed by atoms with Crippen molar-refractivity contribution in [3.05, 3.63) is 84.4 Å². The van der Waals surface area contributed by atoms with E-state index in [0.717, 1.165) is 10.6 Å². The van der Waals surface area contributed by atoms with Gasteiger partial charge in [0, 0.05) is 6.26 Å². The quantitative estimate of drug-likeness (QED) is 0.441. The molecule has 3 aromatic rings. The van der Waals surface area contributed by atoms with Crippen molar-refractivity contribution in [2.45, 2.75) is 29.7 Å². The molecule has 0 aliphatic rings. The molecular formula is C25H28N2O6S2. The Morgan fingerprint density at radius 3 is 2.09 bits per heavy atom. The first-order valence-electron chi connectivity index (χ1n) is 10.9. The van der Waals surface area contributed by atoms with Crippen LogP contribution in [-0.4, -0.2) is 42.2 Å². The molecule has 0 aliphatic carbocycles. The number of carbonyl (C=O) groups is 1. The number of amides is 1. The molecule has 1 N–H and O–H groups in total. The standard InChI is InChI=1S/C25H28N2O6S2/c1-4-33-24-13-9-8-12-23(24)27(35(31,32)22-10-6-5-7-11-22)18-25(28)26-19(2)20-14-16-21(17-15-20)34(3,29)30/h5-17,19H,4,18H2,1-3H3,(H,26,28). The molecule has 1 unspecified atom stereocenters. The highest BCUT2D eigenvalue weighted by atomic mass is 32.2. The summed E-state index contributed by atoms with van der Waals surface area (Å²) < 4.78 is 57.1. The highest BCUT2D eigenvalue weighted by molar-refractivity contribution is 7.93. The van der Waals surface area contributed by atoms with Crippen LogP contribution in [0.15, 0.2) is 88.7 Å². The fraction of sp³-hybridized carbons (Fsp3) is 0.240. The lowest BCUT2D eigenvalue weighted by Gasteiger charge is -2.26. The molecule has 10 heteroatoms. The van der Waals surface area contributed by atoms with Crippen LogP contribution in [0.3, 0.4) is 0 Å². The number of carbonyl (C=O) groups excluding carboxylic acids is 1.